The molecule has 1 aromatic carbocycles. The van der Waals surface area contributed by atoms with Crippen LogP contribution in [0.4, 0.5) is 0 Å². The molecule has 1 aromatic rings. The van der Waals surface area contributed by atoms with Crippen LogP contribution in [0, 0.1) is 19.8 Å². The lowest BCUT2D eigenvalue weighted by Gasteiger charge is -2.32. The Balaban J connectivity index is 1.85. The molecule has 1 heterocycles. The molecular formula is C18H27NO3. The number of esters is 1. The zero-order chi connectivity index (χ0) is 16.1. The fourth-order valence-corrected chi connectivity index (χ4v) is 2.93. The minimum Gasteiger partial charge on any atom is -0.466 e. The molecule has 122 valence electrons. The number of likely N-dealkylation sites (tertiary alicyclic amines) is 1. The number of nitrogens with zero attached hydrogens (tertiary/aromatic N) is 1. The highest BCUT2D eigenvalue weighted by molar-refractivity contribution is 5.72. The number of β-amino-alcohol motifs (C(OH)–C–C–N with tert-alkyl or cyclic N) is 1. The Morgan fingerprint density at radius 3 is 2.59 bits per heavy atom. The molecule has 1 unspecified atom stereocenters. The molecule has 0 spiro atoms. The summed E-state index contributed by atoms with van der Waals surface area (Å²) in [6.07, 6.45) is 1.16. The van der Waals surface area contributed by atoms with Crippen molar-refractivity contribution in [2.45, 2.75) is 39.7 Å². The second-order valence-electron chi connectivity index (χ2n) is 6.19. The van der Waals surface area contributed by atoms with E-state index in [0.29, 0.717) is 13.2 Å². The van der Waals surface area contributed by atoms with Gasteiger partial charge in [-0.2, -0.15) is 0 Å². The van der Waals surface area contributed by atoms with E-state index in [9.17, 15) is 9.90 Å². The smallest absolute Gasteiger partial charge is 0.309 e. The van der Waals surface area contributed by atoms with Crippen LogP contribution in [-0.2, 0) is 9.53 Å². The number of aliphatic hydroxyl groups is 1. The van der Waals surface area contributed by atoms with E-state index in [1.807, 2.05) is 13.0 Å². The summed E-state index contributed by atoms with van der Waals surface area (Å²) in [6, 6.07) is 6.12. The first-order valence-electron chi connectivity index (χ1n) is 8.15. The molecule has 1 aliphatic rings. The molecule has 1 atom stereocenters. The lowest BCUT2D eigenvalue weighted by Crippen LogP contribution is -2.39. The summed E-state index contributed by atoms with van der Waals surface area (Å²) in [7, 11) is 0. The van der Waals surface area contributed by atoms with Crippen molar-refractivity contribution < 1.29 is 14.6 Å². The summed E-state index contributed by atoms with van der Waals surface area (Å²) in [6.45, 7) is 8.73. The Labute approximate surface area is 133 Å². The van der Waals surface area contributed by atoms with E-state index in [1.54, 1.807) is 0 Å². The number of hydrogen-bond acceptors (Lipinski definition) is 4. The predicted octanol–water partition coefficient (Wildman–Crippen LogP) is 2.61. The Morgan fingerprint density at radius 2 is 2.00 bits per heavy atom. The Hall–Kier alpha value is -1.39. The molecule has 0 aromatic heterocycles. The summed E-state index contributed by atoms with van der Waals surface area (Å²) < 4.78 is 5.08. The second-order valence-corrected chi connectivity index (χ2v) is 6.19. The van der Waals surface area contributed by atoms with E-state index in [-0.39, 0.29) is 11.9 Å². The summed E-state index contributed by atoms with van der Waals surface area (Å²) in [4.78, 5) is 14.0. The predicted molar refractivity (Wildman–Crippen MR) is 86.7 cm³/mol. The highest BCUT2D eigenvalue weighted by Crippen LogP contribution is 2.22. The zero-order valence-corrected chi connectivity index (χ0v) is 13.8. The number of carbonyl (C=O) groups is 1. The second kappa shape index (κ2) is 7.75. The summed E-state index contributed by atoms with van der Waals surface area (Å²) in [5, 5.41) is 10.4. The van der Waals surface area contributed by atoms with Crippen LogP contribution in [0.5, 0.6) is 0 Å². The molecule has 1 aliphatic heterocycles. The lowest BCUT2D eigenvalue weighted by molar-refractivity contribution is -0.149. The van der Waals surface area contributed by atoms with E-state index in [1.165, 1.54) is 11.1 Å². The van der Waals surface area contributed by atoms with Crippen LogP contribution in [-0.4, -0.2) is 42.2 Å². The van der Waals surface area contributed by atoms with Crippen molar-refractivity contribution in [3.63, 3.8) is 0 Å². The van der Waals surface area contributed by atoms with Crippen molar-refractivity contribution >= 4 is 5.97 Å². The molecule has 1 N–H and O–H groups in total. The third-order valence-corrected chi connectivity index (χ3v) is 4.55. The largest absolute Gasteiger partial charge is 0.466 e. The Kier molecular flexibility index (Phi) is 5.98. The summed E-state index contributed by atoms with van der Waals surface area (Å²) in [5.41, 5.74) is 3.42. The number of ether oxygens (including phenoxy) is 1. The summed E-state index contributed by atoms with van der Waals surface area (Å²) in [5.74, 6) is -0.0492. The number of benzene rings is 1. The third kappa shape index (κ3) is 4.31. The summed E-state index contributed by atoms with van der Waals surface area (Å²) >= 11 is 0. The molecule has 4 nitrogen and oxygen atoms in total. The first kappa shape index (κ1) is 17.0. The maximum absolute atomic E-state index is 11.7. The molecule has 1 saturated heterocycles. The highest BCUT2D eigenvalue weighted by atomic mass is 16.5. The lowest BCUT2D eigenvalue weighted by atomic mass is 9.96. The molecule has 0 amide bonds. The number of carbonyl (C=O) groups excluding carboxylic acids is 1. The number of aryl methyl sites for hydroxylation is 2. The van der Waals surface area contributed by atoms with Crippen molar-refractivity contribution in [3.05, 3.63) is 34.9 Å². The van der Waals surface area contributed by atoms with Gasteiger partial charge in [-0.3, -0.25) is 4.79 Å². The first-order chi connectivity index (χ1) is 10.5. The number of hydrogen-bond donors (Lipinski definition) is 1. The number of piperidine rings is 1. The van der Waals surface area contributed by atoms with Crippen LogP contribution < -0.4 is 0 Å². The molecule has 22 heavy (non-hydrogen) atoms. The molecule has 0 radical (unpaired) electrons. The van der Waals surface area contributed by atoms with Crippen LogP contribution in [0.25, 0.3) is 0 Å². The fourth-order valence-electron chi connectivity index (χ4n) is 2.93. The van der Waals surface area contributed by atoms with E-state index >= 15 is 0 Å². The topological polar surface area (TPSA) is 49.8 Å². The van der Waals surface area contributed by atoms with Crippen LogP contribution in [0.3, 0.4) is 0 Å². The minimum atomic E-state index is -0.474. The van der Waals surface area contributed by atoms with Crippen molar-refractivity contribution in [1.82, 2.24) is 4.90 Å². The molecular weight excluding hydrogens is 278 g/mol. The van der Waals surface area contributed by atoms with E-state index in [4.69, 9.17) is 4.74 Å². The maximum Gasteiger partial charge on any atom is 0.309 e. The Morgan fingerprint density at radius 1 is 1.32 bits per heavy atom. The molecule has 0 aliphatic carbocycles. The molecule has 2 rings (SSSR count). The van der Waals surface area contributed by atoms with Gasteiger partial charge in [-0.15, -0.1) is 0 Å². The van der Waals surface area contributed by atoms with Gasteiger partial charge >= 0.3 is 5.97 Å². The van der Waals surface area contributed by atoms with Crippen LogP contribution in [0.15, 0.2) is 18.2 Å². The first-order valence-corrected chi connectivity index (χ1v) is 8.15. The van der Waals surface area contributed by atoms with Crippen molar-refractivity contribution in [2.24, 2.45) is 5.92 Å². The van der Waals surface area contributed by atoms with Crippen LogP contribution in [0.2, 0.25) is 0 Å². The molecule has 4 heteroatoms. The van der Waals surface area contributed by atoms with Crippen LogP contribution in [0.1, 0.15) is 42.6 Å². The molecule has 0 saturated carbocycles. The minimum absolute atomic E-state index is 0.0231. The monoisotopic (exact) mass is 305 g/mol. The van der Waals surface area contributed by atoms with Crippen molar-refractivity contribution in [2.75, 3.05) is 26.2 Å². The van der Waals surface area contributed by atoms with Gasteiger partial charge in [0.2, 0.25) is 0 Å². The van der Waals surface area contributed by atoms with Gasteiger partial charge in [-0.05, 0) is 63.4 Å². The molecule has 1 fully saturated rings. The van der Waals surface area contributed by atoms with Gasteiger partial charge in [0.05, 0.1) is 18.6 Å². The quantitative estimate of drug-likeness (QED) is 0.850. The Bertz CT molecular complexity index is 507. The third-order valence-electron chi connectivity index (χ3n) is 4.55. The van der Waals surface area contributed by atoms with E-state index in [2.05, 4.69) is 30.9 Å². The van der Waals surface area contributed by atoms with Gasteiger partial charge in [0.25, 0.3) is 0 Å². The molecule has 0 bridgehead atoms. The number of rotatable bonds is 5. The van der Waals surface area contributed by atoms with Gasteiger partial charge in [0, 0.05) is 6.54 Å². The van der Waals surface area contributed by atoms with Crippen molar-refractivity contribution in [3.8, 4) is 0 Å². The van der Waals surface area contributed by atoms with Crippen molar-refractivity contribution in [1.29, 1.82) is 0 Å². The van der Waals surface area contributed by atoms with Gasteiger partial charge in [-0.1, -0.05) is 18.2 Å². The van der Waals surface area contributed by atoms with E-state index < -0.39 is 6.10 Å². The van der Waals surface area contributed by atoms with Gasteiger partial charge in [-0.25, -0.2) is 0 Å². The number of aliphatic hydroxyl groups excluding tert-OH is 1. The average molecular weight is 305 g/mol. The average Bonchev–Trinajstić information content (AvgIpc) is 2.51. The van der Waals surface area contributed by atoms with Gasteiger partial charge in [0.15, 0.2) is 0 Å². The fraction of sp³-hybridized carbons (Fsp3) is 0.611. The van der Waals surface area contributed by atoms with Gasteiger partial charge < -0.3 is 14.7 Å². The normalized spacial score (nSPS) is 18.2. The standard InChI is InChI=1S/C18H27NO3/c1-4-22-18(21)15-7-9-19(10-8-15)12-17(20)16-6-5-13(2)14(3)11-16/h5-6,11,15,17,20H,4,7-10,12H2,1-3H3. The highest BCUT2D eigenvalue weighted by Gasteiger charge is 2.27. The SMILES string of the molecule is CCOC(=O)C1CCN(CC(O)c2ccc(C)c(C)c2)CC1. The van der Waals surface area contributed by atoms with Crippen LogP contribution >= 0.6 is 0 Å². The maximum atomic E-state index is 11.7. The van der Waals surface area contributed by atoms with E-state index in [0.717, 1.165) is 31.5 Å². The zero-order valence-electron chi connectivity index (χ0n) is 13.8. The van der Waals surface area contributed by atoms with Gasteiger partial charge in [0.1, 0.15) is 0 Å².